The van der Waals surface area contributed by atoms with Gasteiger partial charge in [0.2, 0.25) is 0 Å². The standard InChI is InChI=1S/C15H11ClN4OS/c1-9-6-11-13-17-8-18-20(13)15(21)19(14(11)22-9)7-10-4-2-3-5-12(10)16/h2-6,8H,7H2,1H3. The van der Waals surface area contributed by atoms with E-state index in [-0.39, 0.29) is 5.69 Å². The van der Waals surface area contributed by atoms with Gasteiger partial charge in [0.1, 0.15) is 11.2 Å². The third-order valence-corrected chi connectivity index (χ3v) is 5.01. The zero-order chi connectivity index (χ0) is 15.3. The molecule has 4 aromatic rings. The largest absolute Gasteiger partial charge is 0.352 e. The van der Waals surface area contributed by atoms with Crippen LogP contribution >= 0.6 is 22.9 Å². The van der Waals surface area contributed by atoms with E-state index in [1.54, 1.807) is 15.9 Å². The van der Waals surface area contributed by atoms with Crippen LogP contribution in [-0.4, -0.2) is 19.2 Å². The van der Waals surface area contributed by atoms with Crippen molar-refractivity contribution in [1.82, 2.24) is 19.2 Å². The van der Waals surface area contributed by atoms with Crippen molar-refractivity contribution in [3.05, 3.63) is 62.6 Å². The molecule has 3 heterocycles. The average Bonchev–Trinajstić information content (AvgIpc) is 3.11. The number of fused-ring (bicyclic) bond motifs is 3. The monoisotopic (exact) mass is 330 g/mol. The first-order valence-electron chi connectivity index (χ1n) is 6.71. The maximum absolute atomic E-state index is 12.7. The minimum absolute atomic E-state index is 0.207. The quantitative estimate of drug-likeness (QED) is 0.567. The number of rotatable bonds is 2. The van der Waals surface area contributed by atoms with Gasteiger partial charge in [-0.2, -0.15) is 9.61 Å². The lowest BCUT2D eigenvalue weighted by Crippen LogP contribution is -2.27. The number of hydrogen-bond acceptors (Lipinski definition) is 4. The van der Waals surface area contributed by atoms with E-state index >= 15 is 0 Å². The second-order valence-corrected chi connectivity index (χ2v) is 6.67. The van der Waals surface area contributed by atoms with Gasteiger partial charge in [-0.25, -0.2) is 9.78 Å². The fourth-order valence-corrected chi connectivity index (χ4v) is 3.76. The zero-order valence-electron chi connectivity index (χ0n) is 11.7. The molecule has 5 nitrogen and oxygen atoms in total. The molecule has 22 heavy (non-hydrogen) atoms. The van der Waals surface area contributed by atoms with Crippen LogP contribution in [0.15, 0.2) is 41.5 Å². The van der Waals surface area contributed by atoms with Crippen molar-refractivity contribution in [3.63, 3.8) is 0 Å². The van der Waals surface area contributed by atoms with Crippen molar-refractivity contribution in [2.24, 2.45) is 0 Å². The Bertz CT molecular complexity index is 1060. The van der Waals surface area contributed by atoms with Crippen LogP contribution in [0.25, 0.3) is 15.9 Å². The minimum atomic E-state index is -0.207. The van der Waals surface area contributed by atoms with Crippen LogP contribution in [0.3, 0.4) is 0 Å². The van der Waals surface area contributed by atoms with E-state index in [0.29, 0.717) is 17.2 Å². The molecule has 0 fully saturated rings. The van der Waals surface area contributed by atoms with Crippen LogP contribution in [0.1, 0.15) is 10.4 Å². The summed E-state index contributed by atoms with van der Waals surface area (Å²) in [5.74, 6) is 0. The highest BCUT2D eigenvalue weighted by molar-refractivity contribution is 7.18. The van der Waals surface area contributed by atoms with Gasteiger partial charge in [-0.3, -0.25) is 4.57 Å². The molecule has 0 unspecified atom stereocenters. The number of hydrogen-bond donors (Lipinski definition) is 0. The molecule has 0 amide bonds. The molecule has 0 aliphatic rings. The van der Waals surface area contributed by atoms with Crippen molar-refractivity contribution in [2.45, 2.75) is 13.5 Å². The topological polar surface area (TPSA) is 52.2 Å². The van der Waals surface area contributed by atoms with Crippen molar-refractivity contribution >= 4 is 38.8 Å². The molecule has 0 atom stereocenters. The summed E-state index contributed by atoms with van der Waals surface area (Å²) in [6.07, 6.45) is 1.41. The second kappa shape index (κ2) is 4.93. The lowest BCUT2D eigenvalue weighted by Gasteiger charge is -2.09. The van der Waals surface area contributed by atoms with Gasteiger partial charge in [0, 0.05) is 9.90 Å². The van der Waals surface area contributed by atoms with E-state index in [1.165, 1.54) is 10.8 Å². The van der Waals surface area contributed by atoms with E-state index in [0.717, 1.165) is 20.7 Å². The van der Waals surface area contributed by atoms with Crippen LogP contribution in [0.5, 0.6) is 0 Å². The lowest BCUT2D eigenvalue weighted by molar-refractivity contribution is 0.720. The Morgan fingerprint density at radius 1 is 1.32 bits per heavy atom. The minimum Gasteiger partial charge on any atom is -0.278 e. The Balaban J connectivity index is 2.05. The number of aryl methyl sites for hydroxylation is 1. The molecule has 0 saturated carbocycles. The lowest BCUT2D eigenvalue weighted by atomic mass is 10.2. The number of aromatic nitrogens is 4. The van der Waals surface area contributed by atoms with Gasteiger partial charge >= 0.3 is 5.69 Å². The maximum Gasteiger partial charge on any atom is 0.352 e. The normalized spacial score (nSPS) is 11.5. The predicted molar refractivity (Wildman–Crippen MR) is 87.9 cm³/mol. The summed E-state index contributed by atoms with van der Waals surface area (Å²) in [7, 11) is 0. The molecule has 4 rings (SSSR count). The Labute approximate surface area is 134 Å². The third kappa shape index (κ3) is 1.95. The summed E-state index contributed by atoms with van der Waals surface area (Å²) in [5.41, 5.74) is 1.29. The number of halogens is 1. The van der Waals surface area contributed by atoms with Crippen LogP contribution in [0.4, 0.5) is 0 Å². The molecule has 0 saturated heterocycles. The van der Waals surface area contributed by atoms with E-state index in [1.807, 2.05) is 37.3 Å². The summed E-state index contributed by atoms with van der Waals surface area (Å²) in [4.78, 5) is 18.9. The summed E-state index contributed by atoms with van der Waals surface area (Å²) in [6.45, 7) is 2.42. The van der Waals surface area contributed by atoms with Crippen LogP contribution in [0, 0.1) is 6.92 Å². The summed E-state index contributed by atoms with van der Waals surface area (Å²) in [6, 6.07) is 9.57. The van der Waals surface area contributed by atoms with E-state index < -0.39 is 0 Å². The third-order valence-electron chi connectivity index (χ3n) is 3.57. The first-order valence-corrected chi connectivity index (χ1v) is 7.90. The van der Waals surface area contributed by atoms with Gasteiger partial charge in [-0.05, 0) is 24.6 Å². The van der Waals surface area contributed by atoms with E-state index in [2.05, 4.69) is 10.1 Å². The van der Waals surface area contributed by atoms with Crippen LogP contribution < -0.4 is 5.69 Å². The van der Waals surface area contributed by atoms with Gasteiger partial charge < -0.3 is 0 Å². The highest BCUT2D eigenvalue weighted by Crippen LogP contribution is 2.27. The molecule has 0 aliphatic heterocycles. The van der Waals surface area contributed by atoms with Crippen molar-refractivity contribution < 1.29 is 0 Å². The molecule has 0 spiro atoms. The Kier molecular flexibility index (Phi) is 3.02. The molecule has 7 heteroatoms. The Hall–Kier alpha value is -2.18. The number of nitrogens with zero attached hydrogens (tertiary/aromatic N) is 4. The van der Waals surface area contributed by atoms with Gasteiger partial charge in [0.05, 0.1) is 11.9 Å². The fraction of sp³-hybridized carbons (Fsp3) is 0.133. The van der Waals surface area contributed by atoms with Crippen LogP contribution in [-0.2, 0) is 6.54 Å². The van der Waals surface area contributed by atoms with Crippen molar-refractivity contribution in [1.29, 1.82) is 0 Å². The smallest absolute Gasteiger partial charge is 0.278 e. The summed E-state index contributed by atoms with van der Waals surface area (Å²) < 4.78 is 3.04. The first-order chi connectivity index (χ1) is 10.6. The molecule has 0 aliphatic carbocycles. The average molecular weight is 331 g/mol. The summed E-state index contributed by atoms with van der Waals surface area (Å²) >= 11 is 7.81. The Morgan fingerprint density at radius 3 is 2.95 bits per heavy atom. The zero-order valence-corrected chi connectivity index (χ0v) is 13.2. The van der Waals surface area contributed by atoms with E-state index in [9.17, 15) is 4.79 Å². The van der Waals surface area contributed by atoms with Crippen molar-refractivity contribution in [3.8, 4) is 0 Å². The highest BCUT2D eigenvalue weighted by atomic mass is 35.5. The van der Waals surface area contributed by atoms with Gasteiger partial charge in [-0.1, -0.05) is 29.8 Å². The molecule has 0 N–H and O–H groups in total. The first kappa shape index (κ1) is 13.5. The second-order valence-electron chi connectivity index (χ2n) is 5.03. The van der Waals surface area contributed by atoms with E-state index in [4.69, 9.17) is 11.6 Å². The number of thiophene rings is 1. The molecule has 3 aromatic heterocycles. The number of benzene rings is 1. The highest BCUT2D eigenvalue weighted by Gasteiger charge is 2.15. The van der Waals surface area contributed by atoms with Gasteiger partial charge in [0.15, 0.2) is 5.65 Å². The fourth-order valence-electron chi connectivity index (χ4n) is 2.57. The maximum atomic E-state index is 12.7. The molecule has 110 valence electrons. The van der Waals surface area contributed by atoms with Gasteiger partial charge in [-0.15, -0.1) is 11.3 Å². The molecular formula is C15H11ClN4OS. The molecule has 0 bridgehead atoms. The molecular weight excluding hydrogens is 320 g/mol. The van der Waals surface area contributed by atoms with Crippen molar-refractivity contribution in [2.75, 3.05) is 0 Å². The Morgan fingerprint density at radius 2 is 2.14 bits per heavy atom. The molecule has 1 aromatic carbocycles. The predicted octanol–water partition coefficient (Wildman–Crippen LogP) is 3.12. The van der Waals surface area contributed by atoms with Crippen LogP contribution in [0.2, 0.25) is 5.02 Å². The van der Waals surface area contributed by atoms with Gasteiger partial charge in [0.25, 0.3) is 0 Å². The SMILES string of the molecule is Cc1cc2c(s1)n(Cc1ccccc1Cl)c(=O)n1ncnc21. The summed E-state index contributed by atoms with van der Waals surface area (Å²) in [5, 5.41) is 5.63. The molecule has 0 radical (unpaired) electrons.